The molecule has 1 atom stereocenters. The van der Waals surface area contributed by atoms with E-state index >= 15 is 0 Å². The summed E-state index contributed by atoms with van der Waals surface area (Å²) in [6.07, 6.45) is 0. The van der Waals surface area contributed by atoms with Crippen LogP contribution in [0.3, 0.4) is 0 Å². The molecule has 1 rings (SSSR count). The molecule has 18 heavy (non-hydrogen) atoms. The molecule has 1 aliphatic heterocycles. The normalized spacial score (nSPS) is 31.6. The zero-order chi connectivity index (χ0) is 14.6. The number of ether oxygens (including phenoxy) is 1. The molecule has 0 aliphatic carbocycles. The molecule has 0 unspecified atom stereocenters. The number of hydrogen-bond acceptors (Lipinski definition) is 3. The molecule has 0 N–H and O–H groups in total. The maximum absolute atomic E-state index is 11.5. The highest BCUT2D eigenvalue weighted by atomic mass is 35.6. The molecule has 0 aromatic carbocycles. The van der Waals surface area contributed by atoms with Gasteiger partial charge in [0.05, 0.1) is 11.5 Å². The van der Waals surface area contributed by atoms with Gasteiger partial charge in [-0.15, -0.1) is 0 Å². The molecule has 0 radical (unpaired) electrons. The molecule has 0 aromatic rings. The summed E-state index contributed by atoms with van der Waals surface area (Å²) in [6.45, 7) is 0. The van der Waals surface area contributed by atoms with Crippen molar-refractivity contribution >= 4 is 103 Å². The molecule has 1 fully saturated rings. The van der Waals surface area contributed by atoms with Crippen LogP contribution < -0.4 is 0 Å². The van der Waals surface area contributed by atoms with Crippen molar-refractivity contribution in [3.05, 3.63) is 0 Å². The Morgan fingerprint density at radius 3 is 1.67 bits per heavy atom. The number of hydrogen-bond donors (Lipinski definition) is 0. The van der Waals surface area contributed by atoms with E-state index in [0.29, 0.717) is 0 Å². The summed E-state index contributed by atoms with van der Waals surface area (Å²) in [5.74, 6) is -1.37. The first kappa shape index (κ1) is 18.3. The average Bonchev–Trinajstić information content (AvgIpc) is 2.09. The minimum absolute atomic E-state index is 0.643. The van der Waals surface area contributed by atoms with Crippen molar-refractivity contribution in [3.63, 3.8) is 0 Å². The van der Waals surface area contributed by atoms with Crippen molar-refractivity contribution < 1.29 is 13.2 Å². The van der Waals surface area contributed by atoms with E-state index in [4.69, 9.17) is 97.5 Å². The van der Waals surface area contributed by atoms with Gasteiger partial charge in [0, 0.05) is 0 Å². The van der Waals surface area contributed by atoms with Gasteiger partial charge in [0.1, 0.15) is 0 Å². The zero-order valence-electron chi connectivity index (χ0n) is 8.07. The van der Waals surface area contributed by atoms with Crippen LogP contribution in [0.15, 0.2) is 0 Å². The van der Waals surface area contributed by atoms with Crippen molar-refractivity contribution in [3.8, 4) is 0 Å². The Hall–Kier alpha value is 2.23. The Kier molecular flexibility index (Phi) is 5.23. The second-order valence-corrected chi connectivity index (χ2v) is 11.3. The molecule has 108 valence electrons. The van der Waals surface area contributed by atoms with Crippen LogP contribution in [0.25, 0.3) is 0 Å². The van der Waals surface area contributed by atoms with Gasteiger partial charge >= 0.3 is 0 Å². The molecule has 0 bridgehead atoms. The molecule has 1 heterocycles. The topological polar surface area (TPSA) is 43.4 Å². The standard InChI is InChI=1S/C6H4Cl8O3S/c7-3(8)1-18(15,16)2-4(3,9)17-6(13,14)5(10,11)12/h1-2H2/t4-/m0/s1. The van der Waals surface area contributed by atoms with Crippen LogP contribution in [0.5, 0.6) is 0 Å². The zero-order valence-corrected chi connectivity index (χ0v) is 14.9. The number of halogens is 8. The third kappa shape index (κ3) is 3.70. The molecule has 1 aliphatic rings. The van der Waals surface area contributed by atoms with Gasteiger partial charge in [0.15, 0.2) is 19.2 Å². The maximum atomic E-state index is 11.5. The van der Waals surface area contributed by atoms with E-state index < -0.39 is 39.0 Å². The molecule has 0 spiro atoms. The Labute approximate surface area is 144 Å². The number of sulfone groups is 1. The lowest BCUT2D eigenvalue weighted by atomic mass is 10.3. The van der Waals surface area contributed by atoms with Gasteiger partial charge in [-0.1, -0.05) is 92.8 Å². The van der Waals surface area contributed by atoms with Crippen molar-refractivity contribution in [2.75, 3.05) is 11.5 Å². The van der Waals surface area contributed by atoms with Crippen LogP contribution in [0.1, 0.15) is 0 Å². The predicted molar refractivity (Wildman–Crippen MR) is 77.5 cm³/mol. The monoisotopic (exact) mass is 436 g/mol. The second kappa shape index (κ2) is 5.15. The predicted octanol–water partition coefficient (Wildman–Crippen LogP) is 4.04. The minimum atomic E-state index is -3.65. The Morgan fingerprint density at radius 2 is 1.39 bits per heavy atom. The van der Waals surface area contributed by atoms with Crippen LogP contribution in [0, 0.1) is 0 Å². The second-order valence-electron chi connectivity index (χ2n) is 3.58. The molecule has 3 nitrogen and oxygen atoms in total. The van der Waals surface area contributed by atoms with Crippen LogP contribution in [0.4, 0.5) is 0 Å². The summed E-state index contributed by atoms with van der Waals surface area (Å²) in [5, 5.41) is -2.14. The number of alkyl halides is 8. The van der Waals surface area contributed by atoms with E-state index in [-0.39, 0.29) is 0 Å². The molecular formula is C6H4Cl8O3S. The lowest BCUT2D eigenvalue weighted by Crippen LogP contribution is -2.50. The first-order valence-electron chi connectivity index (χ1n) is 4.04. The summed E-state index contributed by atoms with van der Waals surface area (Å²) >= 11 is 45.3. The van der Waals surface area contributed by atoms with Gasteiger partial charge in [-0.25, -0.2) is 8.42 Å². The summed E-state index contributed by atoms with van der Waals surface area (Å²) in [6, 6.07) is 0. The van der Waals surface area contributed by atoms with Gasteiger partial charge < -0.3 is 4.74 Å². The lowest BCUT2D eigenvalue weighted by molar-refractivity contribution is -0.00987. The lowest BCUT2D eigenvalue weighted by Gasteiger charge is -2.37. The first-order chi connectivity index (χ1) is 7.62. The smallest absolute Gasteiger partial charge is 0.267 e. The van der Waals surface area contributed by atoms with Crippen molar-refractivity contribution in [2.45, 2.75) is 17.7 Å². The number of rotatable bonds is 2. The highest BCUT2D eigenvalue weighted by molar-refractivity contribution is 7.92. The van der Waals surface area contributed by atoms with Crippen LogP contribution in [-0.4, -0.2) is 37.6 Å². The van der Waals surface area contributed by atoms with Gasteiger partial charge in [0.25, 0.3) is 4.52 Å². The molecule has 0 amide bonds. The van der Waals surface area contributed by atoms with E-state index in [0.717, 1.165) is 0 Å². The fourth-order valence-electron chi connectivity index (χ4n) is 1.19. The van der Waals surface area contributed by atoms with E-state index in [1.165, 1.54) is 0 Å². The SMILES string of the molecule is O=S1(=O)CC(Cl)(Cl)[C@@](Cl)(OC(Cl)(Cl)C(Cl)(Cl)Cl)C1. The van der Waals surface area contributed by atoms with E-state index in [1.54, 1.807) is 0 Å². The van der Waals surface area contributed by atoms with Crippen molar-refractivity contribution in [2.24, 2.45) is 0 Å². The van der Waals surface area contributed by atoms with Gasteiger partial charge in [0.2, 0.25) is 3.79 Å². The highest BCUT2D eigenvalue weighted by Crippen LogP contribution is 2.55. The van der Waals surface area contributed by atoms with E-state index in [2.05, 4.69) is 0 Å². The van der Waals surface area contributed by atoms with Crippen LogP contribution in [0.2, 0.25) is 0 Å². The van der Waals surface area contributed by atoms with E-state index in [9.17, 15) is 8.42 Å². The molecule has 12 heteroatoms. The van der Waals surface area contributed by atoms with Gasteiger partial charge in [-0.3, -0.25) is 0 Å². The van der Waals surface area contributed by atoms with E-state index in [1.807, 2.05) is 0 Å². The maximum Gasteiger partial charge on any atom is 0.267 e. The highest BCUT2D eigenvalue weighted by Gasteiger charge is 2.65. The van der Waals surface area contributed by atoms with Gasteiger partial charge in [-0.05, 0) is 0 Å². The average molecular weight is 440 g/mol. The Morgan fingerprint density at radius 1 is 0.944 bits per heavy atom. The molecule has 0 saturated carbocycles. The largest absolute Gasteiger partial charge is 0.316 e. The van der Waals surface area contributed by atoms with Gasteiger partial charge in [-0.2, -0.15) is 0 Å². The first-order valence-corrected chi connectivity index (χ1v) is 8.88. The minimum Gasteiger partial charge on any atom is -0.316 e. The summed E-state index contributed by atoms with van der Waals surface area (Å²) in [7, 11) is -3.65. The quantitative estimate of drug-likeness (QED) is 0.610. The van der Waals surface area contributed by atoms with Crippen LogP contribution >= 0.6 is 92.8 Å². The summed E-state index contributed by atoms with van der Waals surface area (Å²) < 4.78 is 21.2. The fourth-order valence-corrected chi connectivity index (χ4v) is 5.53. The van der Waals surface area contributed by atoms with Crippen LogP contribution in [-0.2, 0) is 14.6 Å². The van der Waals surface area contributed by atoms with Crippen molar-refractivity contribution in [1.82, 2.24) is 0 Å². The summed E-state index contributed by atoms with van der Waals surface area (Å²) in [5.41, 5.74) is 0. The Balaban J connectivity index is 3.10. The third-order valence-electron chi connectivity index (χ3n) is 1.97. The fraction of sp³-hybridized carbons (Fsp3) is 1.00. The third-order valence-corrected chi connectivity index (χ3v) is 7.87. The molecule has 0 aromatic heterocycles. The molecule has 1 saturated heterocycles. The summed E-state index contributed by atoms with van der Waals surface area (Å²) in [4.78, 5) is 0. The van der Waals surface area contributed by atoms with Crippen molar-refractivity contribution in [1.29, 1.82) is 0 Å². The molecular weight excluding hydrogens is 436 g/mol. The Bertz CT molecular complexity index is 440.